The molecule has 0 bridgehead atoms. The summed E-state index contributed by atoms with van der Waals surface area (Å²) in [4.78, 5) is 5.12. The predicted octanol–water partition coefficient (Wildman–Crippen LogP) is 6.93. The van der Waals surface area contributed by atoms with Crippen LogP contribution >= 0.6 is 0 Å². The molecule has 0 aliphatic heterocycles. The second kappa shape index (κ2) is 8.90. The van der Waals surface area contributed by atoms with Gasteiger partial charge in [0.2, 0.25) is 0 Å². The van der Waals surface area contributed by atoms with Crippen molar-refractivity contribution in [3.05, 3.63) is 41.6 Å². The van der Waals surface area contributed by atoms with Crippen LogP contribution in [0.1, 0.15) is 73.1 Å². The summed E-state index contributed by atoms with van der Waals surface area (Å²) in [5.41, 5.74) is 4.43. The van der Waals surface area contributed by atoms with Crippen molar-refractivity contribution in [2.45, 2.75) is 91.8 Å². The van der Waals surface area contributed by atoms with Crippen molar-refractivity contribution in [1.82, 2.24) is 0 Å². The zero-order valence-corrected chi connectivity index (χ0v) is 19.8. The average molecular weight is 384 g/mol. The van der Waals surface area contributed by atoms with E-state index in [0.29, 0.717) is 11.3 Å². The lowest BCUT2D eigenvalue weighted by atomic mass is 9.82. The van der Waals surface area contributed by atoms with E-state index in [1.165, 1.54) is 42.9 Å². The van der Waals surface area contributed by atoms with Gasteiger partial charge < -0.3 is 0 Å². The SMILES string of the molecule is CC(C)(C)CC(C)(C)N=C/C(=C\[Si](C)(C)c1ccccc1)C1CCCCC1. The van der Waals surface area contributed by atoms with Gasteiger partial charge in [-0.3, -0.25) is 4.99 Å². The first kappa shape index (κ1) is 22.1. The van der Waals surface area contributed by atoms with E-state index in [1.54, 1.807) is 0 Å². The summed E-state index contributed by atoms with van der Waals surface area (Å²) >= 11 is 0. The van der Waals surface area contributed by atoms with Gasteiger partial charge in [-0.1, -0.05) is 94.3 Å². The van der Waals surface area contributed by atoms with Crippen LogP contribution in [0.2, 0.25) is 13.1 Å². The molecule has 1 saturated carbocycles. The summed E-state index contributed by atoms with van der Waals surface area (Å²) < 4.78 is 0. The summed E-state index contributed by atoms with van der Waals surface area (Å²) in [6, 6.07) is 11.1. The molecule has 2 rings (SSSR count). The number of hydrogen-bond acceptors (Lipinski definition) is 1. The minimum Gasteiger partial charge on any atom is -0.287 e. The molecule has 0 unspecified atom stereocenters. The van der Waals surface area contributed by atoms with Crippen LogP contribution < -0.4 is 5.19 Å². The van der Waals surface area contributed by atoms with Crippen molar-refractivity contribution in [3.8, 4) is 0 Å². The number of nitrogens with zero attached hydrogens (tertiary/aromatic N) is 1. The molecule has 1 nitrogen and oxygen atoms in total. The Morgan fingerprint density at radius 2 is 1.59 bits per heavy atom. The molecule has 0 N–H and O–H groups in total. The summed E-state index contributed by atoms with van der Waals surface area (Å²) in [5.74, 6) is 0.698. The number of allylic oxidation sites excluding steroid dienone is 1. The van der Waals surface area contributed by atoms with E-state index in [2.05, 4.69) is 90.0 Å². The fraction of sp³-hybridized carbons (Fsp3) is 0.640. The van der Waals surface area contributed by atoms with Gasteiger partial charge in [-0.05, 0) is 50.0 Å². The minimum atomic E-state index is -1.62. The summed E-state index contributed by atoms with van der Waals surface area (Å²) in [5, 5.41) is 1.51. The first-order valence-electron chi connectivity index (χ1n) is 10.8. The number of aliphatic imine (C=N–C) groups is 1. The Balaban J connectivity index is 2.32. The first-order valence-corrected chi connectivity index (χ1v) is 13.9. The zero-order chi connectivity index (χ0) is 20.1. The van der Waals surface area contributed by atoms with Gasteiger partial charge in [-0.2, -0.15) is 0 Å². The van der Waals surface area contributed by atoms with Crippen LogP contribution in [0.4, 0.5) is 0 Å². The normalized spacial score (nSPS) is 18.3. The van der Waals surface area contributed by atoms with Gasteiger partial charge >= 0.3 is 0 Å². The van der Waals surface area contributed by atoms with Crippen molar-refractivity contribution >= 4 is 19.5 Å². The van der Waals surface area contributed by atoms with Crippen molar-refractivity contribution in [3.63, 3.8) is 0 Å². The highest BCUT2D eigenvalue weighted by molar-refractivity contribution is 6.94. The third-order valence-corrected chi connectivity index (χ3v) is 8.52. The highest BCUT2D eigenvalue weighted by atomic mass is 28.3. The summed E-state index contributed by atoms with van der Waals surface area (Å²) in [6.45, 7) is 16.5. The molecular formula is C25H41NSi. The van der Waals surface area contributed by atoms with E-state index in [0.717, 1.165) is 6.42 Å². The molecule has 150 valence electrons. The Hall–Kier alpha value is -1.15. The molecule has 2 heteroatoms. The molecule has 1 aliphatic carbocycles. The maximum absolute atomic E-state index is 5.12. The van der Waals surface area contributed by atoms with Gasteiger partial charge in [0.15, 0.2) is 0 Å². The number of rotatable bonds is 6. The van der Waals surface area contributed by atoms with Gasteiger partial charge in [0.05, 0.1) is 5.54 Å². The largest absolute Gasteiger partial charge is 0.287 e. The summed E-state index contributed by atoms with van der Waals surface area (Å²) in [7, 11) is -1.62. The molecule has 1 aliphatic rings. The van der Waals surface area contributed by atoms with Gasteiger partial charge in [-0.25, -0.2) is 0 Å². The third-order valence-electron chi connectivity index (χ3n) is 5.65. The van der Waals surface area contributed by atoms with Crippen molar-refractivity contribution in [2.75, 3.05) is 0 Å². The monoisotopic (exact) mass is 383 g/mol. The molecule has 0 amide bonds. The predicted molar refractivity (Wildman–Crippen MR) is 125 cm³/mol. The molecule has 0 aromatic heterocycles. The van der Waals surface area contributed by atoms with Gasteiger partial charge in [-0.15, -0.1) is 0 Å². The topological polar surface area (TPSA) is 12.4 Å². The van der Waals surface area contributed by atoms with E-state index in [1.807, 2.05) is 0 Å². The molecule has 1 aromatic carbocycles. The van der Waals surface area contributed by atoms with Gasteiger partial charge in [0, 0.05) is 6.21 Å². The minimum absolute atomic E-state index is 0.00947. The van der Waals surface area contributed by atoms with Gasteiger partial charge in [0.1, 0.15) is 8.07 Å². The van der Waals surface area contributed by atoms with Crippen LogP contribution in [0.25, 0.3) is 0 Å². The zero-order valence-electron chi connectivity index (χ0n) is 18.8. The van der Waals surface area contributed by atoms with Crippen LogP contribution in [0.3, 0.4) is 0 Å². The molecule has 0 saturated heterocycles. The van der Waals surface area contributed by atoms with E-state index in [9.17, 15) is 0 Å². The fourth-order valence-electron chi connectivity index (χ4n) is 4.66. The van der Waals surface area contributed by atoms with Crippen LogP contribution in [0.15, 0.2) is 46.6 Å². The average Bonchev–Trinajstić information content (AvgIpc) is 2.58. The Bertz CT molecular complexity index is 641. The number of benzene rings is 1. The maximum Gasteiger partial charge on any atom is 0.104 e. The number of hydrogen-bond donors (Lipinski definition) is 0. The van der Waals surface area contributed by atoms with E-state index >= 15 is 0 Å². The molecular weight excluding hydrogens is 342 g/mol. The van der Waals surface area contributed by atoms with Crippen LogP contribution in [-0.2, 0) is 0 Å². The molecule has 0 heterocycles. The van der Waals surface area contributed by atoms with Crippen molar-refractivity contribution < 1.29 is 0 Å². The standard InChI is InChI=1S/C25H41NSi/c1-24(2,3)20-25(4,5)26-18-22(21-14-10-8-11-15-21)19-27(6,7)23-16-12-9-13-17-23/h9,12-13,16-19,21H,8,10-11,14-15,20H2,1-7H3/b22-19+,26-18?. The Morgan fingerprint density at radius 1 is 1.00 bits per heavy atom. The smallest absolute Gasteiger partial charge is 0.104 e. The molecule has 27 heavy (non-hydrogen) atoms. The lowest BCUT2D eigenvalue weighted by Gasteiger charge is -2.30. The van der Waals surface area contributed by atoms with Crippen molar-refractivity contribution in [2.24, 2.45) is 16.3 Å². The molecule has 0 atom stereocenters. The first-order chi connectivity index (χ1) is 12.5. The van der Waals surface area contributed by atoms with E-state index < -0.39 is 8.07 Å². The maximum atomic E-state index is 5.12. The van der Waals surface area contributed by atoms with Crippen LogP contribution in [0, 0.1) is 11.3 Å². The molecule has 1 aromatic rings. The lowest BCUT2D eigenvalue weighted by Crippen LogP contribution is -2.40. The third kappa shape index (κ3) is 7.41. The fourth-order valence-corrected chi connectivity index (χ4v) is 7.02. The Morgan fingerprint density at radius 3 is 2.15 bits per heavy atom. The summed E-state index contributed by atoms with van der Waals surface area (Å²) in [6.07, 6.45) is 10.2. The highest BCUT2D eigenvalue weighted by Gasteiger charge is 2.27. The second-order valence-electron chi connectivity index (χ2n) is 10.9. The quantitative estimate of drug-likeness (QED) is 0.373. The van der Waals surface area contributed by atoms with Crippen LogP contribution in [-0.4, -0.2) is 19.8 Å². The lowest BCUT2D eigenvalue weighted by molar-refractivity contribution is 0.288. The molecule has 0 radical (unpaired) electrons. The van der Waals surface area contributed by atoms with E-state index in [4.69, 9.17) is 4.99 Å². The Kier molecular flexibility index (Phi) is 7.30. The second-order valence-corrected chi connectivity index (χ2v) is 15.2. The van der Waals surface area contributed by atoms with Crippen molar-refractivity contribution in [1.29, 1.82) is 0 Å². The highest BCUT2D eigenvalue weighted by Crippen LogP contribution is 2.32. The van der Waals surface area contributed by atoms with E-state index in [-0.39, 0.29) is 5.54 Å². The Labute approximate surface area is 169 Å². The van der Waals surface area contributed by atoms with Crippen LogP contribution in [0.5, 0.6) is 0 Å². The molecule has 0 spiro atoms. The van der Waals surface area contributed by atoms with Gasteiger partial charge in [0.25, 0.3) is 0 Å². The molecule has 1 fully saturated rings.